The molecule has 0 unspecified atom stereocenters. The summed E-state index contributed by atoms with van der Waals surface area (Å²) in [5.41, 5.74) is -0.685. The topological polar surface area (TPSA) is 80.4 Å². The Labute approximate surface area is 99.0 Å². The standard InChI is InChI=1S/C10H8F3NO4/c11-10(12,13)5-8(9(15)16)6-2-1-3-7(4-6)14(17)18/h1-4,8H,5H2,(H,15,16)/t8-/m0/s1. The first kappa shape index (κ1) is 13.9. The smallest absolute Gasteiger partial charge is 0.390 e. The van der Waals surface area contributed by atoms with Crippen LogP contribution in [-0.2, 0) is 4.79 Å². The zero-order valence-corrected chi connectivity index (χ0v) is 8.85. The van der Waals surface area contributed by atoms with Crippen molar-refractivity contribution in [3.8, 4) is 0 Å². The van der Waals surface area contributed by atoms with Gasteiger partial charge >= 0.3 is 12.1 Å². The molecule has 1 atom stereocenters. The van der Waals surface area contributed by atoms with E-state index in [0.29, 0.717) is 0 Å². The van der Waals surface area contributed by atoms with E-state index in [4.69, 9.17) is 5.11 Å². The second-order valence-corrected chi connectivity index (χ2v) is 3.56. The molecule has 0 aliphatic heterocycles. The molecule has 0 radical (unpaired) electrons. The fourth-order valence-corrected chi connectivity index (χ4v) is 1.43. The fraction of sp³-hybridized carbons (Fsp3) is 0.300. The van der Waals surface area contributed by atoms with Crippen molar-refractivity contribution >= 4 is 11.7 Å². The van der Waals surface area contributed by atoms with Crippen molar-refractivity contribution in [1.82, 2.24) is 0 Å². The molecular formula is C10H8F3NO4. The Morgan fingerprint density at radius 1 is 1.44 bits per heavy atom. The number of carbonyl (C=O) groups is 1. The van der Waals surface area contributed by atoms with E-state index < -0.39 is 35.1 Å². The number of hydrogen-bond acceptors (Lipinski definition) is 3. The maximum atomic E-state index is 12.2. The highest BCUT2D eigenvalue weighted by atomic mass is 19.4. The van der Waals surface area contributed by atoms with Gasteiger partial charge in [0.25, 0.3) is 5.69 Å². The number of halogens is 3. The van der Waals surface area contributed by atoms with Gasteiger partial charge in [0.15, 0.2) is 0 Å². The number of non-ortho nitro benzene ring substituents is 1. The summed E-state index contributed by atoms with van der Waals surface area (Å²) >= 11 is 0. The van der Waals surface area contributed by atoms with Gasteiger partial charge in [-0.15, -0.1) is 0 Å². The molecule has 0 heterocycles. The zero-order chi connectivity index (χ0) is 13.9. The Bertz CT molecular complexity index is 472. The van der Waals surface area contributed by atoms with Crippen molar-refractivity contribution in [3.63, 3.8) is 0 Å². The Hall–Kier alpha value is -2.12. The van der Waals surface area contributed by atoms with Crippen LogP contribution < -0.4 is 0 Å². The fourth-order valence-electron chi connectivity index (χ4n) is 1.43. The summed E-state index contributed by atoms with van der Waals surface area (Å²) in [5.74, 6) is -3.52. The minimum absolute atomic E-state index is 0.242. The highest BCUT2D eigenvalue weighted by Gasteiger charge is 2.36. The number of hydrogen-bond donors (Lipinski definition) is 1. The molecule has 1 aromatic carbocycles. The number of rotatable bonds is 4. The molecule has 1 rings (SSSR count). The van der Waals surface area contributed by atoms with Crippen LogP contribution in [0.1, 0.15) is 17.9 Å². The highest BCUT2D eigenvalue weighted by Crippen LogP contribution is 2.32. The number of carboxylic acid groups (broad SMARTS) is 1. The van der Waals surface area contributed by atoms with Crippen molar-refractivity contribution in [2.45, 2.75) is 18.5 Å². The molecule has 0 aliphatic carbocycles. The molecule has 0 amide bonds. The van der Waals surface area contributed by atoms with E-state index in [1.165, 1.54) is 0 Å². The second-order valence-electron chi connectivity index (χ2n) is 3.56. The number of nitro benzene ring substituents is 1. The van der Waals surface area contributed by atoms with E-state index in [1.807, 2.05) is 0 Å². The van der Waals surface area contributed by atoms with E-state index in [1.54, 1.807) is 0 Å². The van der Waals surface area contributed by atoms with E-state index in [0.717, 1.165) is 24.3 Å². The Balaban J connectivity index is 3.10. The highest BCUT2D eigenvalue weighted by molar-refractivity contribution is 5.76. The normalized spacial score (nSPS) is 13.1. The van der Waals surface area contributed by atoms with Crippen LogP contribution in [0.15, 0.2) is 24.3 Å². The summed E-state index contributed by atoms with van der Waals surface area (Å²) in [6.07, 6.45) is -6.23. The molecule has 1 N–H and O–H groups in total. The van der Waals surface area contributed by atoms with Crippen LogP contribution in [0.4, 0.5) is 18.9 Å². The third-order valence-electron chi connectivity index (χ3n) is 2.22. The maximum absolute atomic E-state index is 12.2. The van der Waals surface area contributed by atoms with Gasteiger partial charge in [-0.05, 0) is 5.56 Å². The van der Waals surface area contributed by atoms with Crippen LogP contribution in [0.3, 0.4) is 0 Å². The lowest BCUT2D eigenvalue weighted by Gasteiger charge is -2.14. The van der Waals surface area contributed by atoms with E-state index in [2.05, 4.69) is 0 Å². The first-order valence-electron chi connectivity index (χ1n) is 4.74. The van der Waals surface area contributed by atoms with Gasteiger partial charge < -0.3 is 5.11 Å². The summed E-state index contributed by atoms with van der Waals surface area (Å²) in [5, 5.41) is 19.2. The van der Waals surface area contributed by atoms with E-state index >= 15 is 0 Å². The largest absolute Gasteiger partial charge is 0.481 e. The number of carboxylic acids is 1. The predicted octanol–water partition coefficient (Wildman–Crippen LogP) is 2.72. The molecule has 8 heteroatoms. The van der Waals surface area contributed by atoms with Crippen molar-refractivity contribution in [3.05, 3.63) is 39.9 Å². The number of benzene rings is 1. The molecule has 0 spiro atoms. The van der Waals surface area contributed by atoms with Crippen LogP contribution in [0.25, 0.3) is 0 Å². The summed E-state index contributed by atoms with van der Waals surface area (Å²) in [6.45, 7) is 0. The minimum Gasteiger partial charge on any atom is -0.481 e. The molecule has 0 saturated carbocycles. The van der Waals surface area contributed by atoms with Crippen molar-refractivity contribution in [2.75, 3.05) is 0 Å². The maximum Gasteiger partial charge on any atom is 0.390 e. The monoisotopic (exact) mass is 263 g/mol. The average Bonchev–Trinajstić information content (AvgIpc) is 2.24. The SMILES string of the molecule is O=C(O)[C@@H](CC(F)(F)F)c1cccc([N+](=O)[O-])c1. The molecule has 0 bridgehead atoms. The lowest BCUT2D eigenvalue weighted by Crippen LogP contribution is -2.20. The van der Waals surface area contributed by atoms with Crippen molar-refractivity contribution < 1.29 is 28.0 Å². The first-order chi connectivity index (χ1) is 8.20. The van der Waals surface area contributed by atoms with Gasteiger partial charge in [0.05, 0.1) is 17.3 Å². The van der Waals surface area contributed by atoms with E-state index in [-0.39, 0.29) is 5.56 Å². The van der Waals surface area contributed by atoms with Gasteiger partial charge in [0.2, 0.25) is 0 Å². The van der Waals surface area contributed by atoms with Crippen LogP contribution in [0, 0.1) is 10.1 Å². The number of nitrogens with zero attached hydrogens (tertiary/aromatic N) is 1. The van der Waals surface area contributed by atoms with Crippen LogP contribution in [0.5, 0.6) is 0 Å². The van der Waals surface area contributed by atoms with E-state index in [9.17, 15) is 28.1 Å². The zero-order valence-electron chi connectivity index (χ0n) is 8.85. The van der Waals surface area contributed by atoms with Gasteiger partial charge in [-0.1, -0.05) is 12.1 Å². The van der Waals surface area contributed by atoms with Crippen molar-refractivity contribution in [1.29, 1.82) is 0 Å². The lowest BCUT2D eigenvalue weighted by atomic mass is 9.95. The average molecular weight is 263 g/mol. The van der Waals surface area contributed by atoms with Gasteiger partial charge in [0, 0.05) is 12.1 Å². The van der Waals surface area contributed by atoms with Gasteiger partial charge in [-0.3, -0.25) is 14.9 Å². The third-order valence-corrected chi connectivity index (χ3v) is 2.22. The quantitative estimate of drug-likeness (QED) is 0.669. The summed E-state index contributed by atoms with van der Waals surface area (Å²) in [7, 11) is 0. The summed E-state index contributed by atoms with van der Waals surface area (Å²) < 4.78 is 36.6. The summed E-state index contributed by atoms with van der Waals surface area (Å²) in [4.78, 5) is 20.5. The molecule has 0 fully saturated rings. The number of aliphatic carboxylic acids is 1. The van der Waals surface area contributed by atoms with Gasteiger partial charge in [0.1, 0.15) is 0 Å². The van der Waals surface area contributed by atoms with Crippen molar-refractivity contribution in [2.24, 2.45) is 0 Å². The van der Waals surface area contributed by atoms with Crippen LogP contribution in [-0.4, -0.2) is 22.2 Å². The third kappa shape index (κ3) is 3.72. The minimum atomic E-state index is -4.66. The molecule has 18 heavy (non-hydrogen) atoms. The molecular weight excluding hydrogens is 255 g/mol. The Kier molecular flexibility index (Phi) is 3.89. The molecule has 98 valence electrons. The number of nitro groups is 1. The summed E-state index contributed by atoms with van der Waals surface area (Å²) in [6, 6.07) is 4.19. The van der Waals surface area contributed by atoms with Gasteiger partial charge in [-0.2, -0.15) is 13.2 Å². The molecule has 0 saturated heterocycles. The second kappa shape index (κ2) is 5.03. The van der Waals surface area contributed by atoms with Crippen LogP contribution >= 0.6 is 0 Å². The van der Waals surface area contributed by atoms with Gasteiger partial charge in [-0.25, -0.2) is 0 Å². The molecule has 1 aromatic rings. The predicted molar refractivity (Wildman–Crippen MR) is 54.1 cm³/mol. The Morgan fingerprint density at radius 2 is 2.06 bits per heavy atom. The van der Waals surface area contributed by atoms with Crippen LogP contribution in [0.2, 0.25) is 0 Å². The molecule has 0 aliphatic rings. The molecule has 0 aromatic heterocycles. The first-order valence-corrected chi connectivity index (χ1v) is 4.74. The number of alkyl halides is 3. The molecule has 5 nitrogen and oxygen atoms in total. The Morgan fingerprint density at radius 3 is 2.50 bits per heavy atom. The lowest BCUT2D eigenvalue weighted by molar-refractivity contribution is -0.384.